The quantitative estimate of drug-likeness (QED) is 0.330. The fourth-order valence-corrected chi connectivity index (χ4v) is 4.61. The van der Waals surface area contributed by atoms with E-state index in [1.54, 1.807) is 29.2 Å². The number of benzene rings is 1. The Kier molecular flexibility index (Phi) is 6.00. The summed E-state index contributed by atoms with van der Waals surface area (Å²) in [7, 11) is 0. The standard InChI is InChI=1S/C25H21Cl2N7O/c1-13-7-21(28)32-14(2)18(13)11-31-25(35)23-22-20(5-6-29-24(22)27)34(33-23)12-15-3-4-19-16(8-15)9-17(26)10-30-19/h3-10H,11-12H2,1-2H3,(H2,28,32)(H,31,35). The highest BCUT2D eigenvalue weighted by Crippen LogP contribution is 2.27. The predicted molar refractivity (Wildman–Crippen MR) is 138 cm³/mol. The molecule has 5 rings (SSSR count). The number of nitrogens with one attached hydrogen (secondary N) is 1. The van der Waals surface area contributed by atoms with E-state index in [0.29, 0.717) is 28.3 Å². The molecule has 4 heterocycles. The molecule has 0 radical (unpaired) electrons. The normalized spacial score (nSPS) is 11.3. The van der Waals surface area contributed by atoms with E-state index < -0.39 is 0 Å². The first-order valence-electron chi connectivity index (χ1n) is 10.9. The van der Waals surface area contributed by atoms with Crippen molar-refractivity contribution in [2.75, 3.05) is 5.73 Å². The average Bonchev–Trinajstić information content (AvgIpc) is 3.17. The monoisotopic (exact) mass is 505 g/mol. The largest absolute Gasteiger partial charge is 0.384 e. The van der Waals surface area contributed by atoms with Gasteiger partial charge in [0.15, 0.2) is 5.69 Å². The Morgan fingerprint density at radius 2 is 1.94 bits per heavy atom. The summed E-state index contributed by atoms with van der Waals surface area (Å²) in [6.45, 7) is 4.51. The average molecular weight is 506 g/mol. The number of rotatable bonds is 5. The third-order valence-corrected chi connectivity index (χ3v) is 6.37. The second-order valence-electron chi connectivity index (χ2n) is 8.29. The van der Waals surface area contributed by atoms with E-state index in [1.807, 2.05) is 38.1 Å². The van der Waals surface area contributed by atoms with Crippen LogP contribution in [0.2, 0.25) is 10.2 Å². The molecule has 0 spiro atoms. The third-order valence-electron chi connectivity index (χ3n) is 5.88. The Balaban J connectivity index is 1.48. The topological polar surface area (TPSA) is 112 Å². The highest BCUT2D eigenvalue weighted by atomic mass is 35.5. The molecule has 1 amide bonds. The summed E-state index contributed by atoms with van der Waals surface area (Å²) in [5, 5.41) is 9.76. The smallest absolute Gasteiger partial charge is 0.272 e. The van der Waals surface area contributed by atoms with E-state index >= 15 is 0 Å². The molecule has 0 fully saturated rings. The molecule has 5 aromatic rings. The van der Waals surface area contributed by atoms with Gasteiger partial charge in [-0.1, -0.05) is 29.3 Å². The Bertz CT molecular complexity index is 1590. The predicted octanol–water partition coefficient (Wildman–Crippen LogP) is 4.86. The van der Waals surface area contributed by atoms with Gasteiger partial charge in [-0.25, -0.2) is 9.97 Å². The number of amides is 1. The lowest BCUT2D eigenvalue weighted by Crippen LogP contribution is -2.25. The van der Waals surface area contributed by atoms with Crippen LogP contribution in [0.1, 0.15) is 32.9 Å². The lowest BCUT2D eigenvalue weighted by atomic mass is 10.1. The number of aryl methyl sites for hydroxylation is 2. The first-order valence-corrected chi connectivity index (χ1v) is 11.6. The van der Waals surface area contributed by atoms with Gasteiger partial charge in [0.25, 0.3) is 5.91 Å². The van der Waals surface area contributed by atoms with E-state index in [-0.39, 0.29) is 23.3 Å². The number of pyridine rings is 3. The number of fused-ring (bicyclic) bond motifs is 2. The summed E-state index contributed by atoms with van der Waals surface area (Å²) in [4.78, 5) is 26.0. The number of nitrogens with two attached hydrogens (primary N) is 1. The molecule has 0 aliphatic rings. The van der Waals surface area contributed by atoms with Gasteiger partial charge in [0.05, 0.1) is 28.0 Å². The molecule has 0 saturated carbocycles. The summed E-state index contributed by atoms with van der Waals surface area (Å²) in [6.07, 6.45) is 3.22. The van der Waals surface area contributed by atoms with Gasteiger partial charge in [0, 0.05) is 30.0 Å². The summed E-state index contributed by atoms with van der Waals surface area (Å²) < 4.78 is 1.75. The van der Waals surface area contributed by atoms with E-state index in [1.165, 1.54) is 0 Å². The summed E-state index contributed by atoms with van der Waals surface area (Å²) in [6, 6.07) is 11.3. The molecule has 0 aliphatic carbocycles. The minimum absolute atomic E-state index is 0.210. The van der Waals surface area contributed by atoms with Gasteiger partial charge < -0.3 is 11.1 Å². The lowest BCUT2D eigenvalue weighted by Gasteiger charge is -2.11. The molecule has 1 aromatic carbocycles. The summed E-state index contributed by atoms with van der Waals surface area (Å²) in [5.41, 5.74) is 11.2. The van der Waals surface area contributed by atoms with Crippen LogP contribution in [0, 0.1) is 13.8 Å². The molecule has 8 nitrogen and oxygen atoms in total. The van der Waals surface area contributed by atoms with Crippen molar-refractivity contribution < 1.29 is 4.79 Å². The fraction of sp³-hybridized carbons (Fsp3) is 0.160. The van der Waals surface area contributed by atoms with Crippen LogP contribution in [0.5, 0.6) is 0 Å². The number of carbonyl (C=O) groups is 1. The van der Waals surface area contributed by atoms with Crippen molar-refractivity contribution in [3.8, 4) is 0 Å². The zero-order valence-corrected chi connectivity index (χ0v) is 20.5. The molecule has 4 aromatic heterocycles. The van der Waals surface area contributed by atoms with Crippen molar-refractivity contribution in [2.24, 2.45) is 0 Å². The van der Waals surface area contributed by atoms with Gasteiger partial charge in [-0.3, -0.25) is 14.5 Å². The van der Waals surface area contributed by atoms with Crippen molar-refractivity contribution in [3.05, 3.63) is 87.0 Å². The number of nitrogens with zero attached hydrogens (tertiary/aromatic N) is 5. The van der Waals surface area contributed by atoms with Crippen LogP contribution in [0.25, 0.3) is 21.8 Å². The van der Waals surface area contributed by atoms with Gasteiger partial charge in [0.2, 0.25) is 0 Å². The fourth-order valence-electron chi connectivity index (χ4n) is 4.20. The van der Waals surface area contributed by atoms with Crippen LogP contribution in [-0.2, 0) is 13.1 Å². The van der Waals surface area contributed by atoms with Gasteiger partial charge in [-0.05, 0) is 60.9 Å². The van der Waals surface area contributed by atoms with Crippen LogP contribution < -0.4 is 11.1 Å². The van der Waals surface area contributed by atoms with Gasteiger partial charge in [0.1, 0.15) is 11.0 Å². The summed E-state index contributed by atoms with van der Waals surface area (Å²) in [5.74, 6) is 0.0955. The molecule has 0 atom stereocenters. The second-order valence-corrected chi connectivity index (χ2v) is 9.09. The number of carbonyl (C=O) groups excluding carboxylic acids is 1. The van der Waals surface area contributed by atoms with Crippen LogP contribution >= 0.6 is 23.2 Å². The Morgan fingerprint density at radius 1 is 1.11 bits per heavy atom. The minimum atomic E-state index is -0.353. The van der Waals surface area contributed by atoms with Crippen LogP contribution in [-0.4, -0.2) is 30.6 Å². The number of nitrogen functional groups attached to an aromatic ring is 1. The molecule has 0 unspecified atom stereocenters. The Hall–Kier alpha value is -3.75. The number of aromatic nitrogens is 5. The number of hydrogen-bond acceptors (Lipinski definition) is 6. The van der Waals surface area contributed by atoms with E-state index in [4.69, 9.17) is 28.9 Å². The third kappa shape index (κ3) is 4.50. The molecule has 176 valence electrons. The Labute approximate surface area is 211 Å². The molecule has 10 heteroatoms. The zero-order chi connectivity index (χ0) is 24.7. The maximum absolute atomic E-state index is 13.2. The highest BCUT2D eigenvalue weighted by Gasteiger charge is 2.21. The van der Waals surface area contributed by atoms with Crippen molar-refractivity contribution in [2.45, 2.75) is 26.9 Å². The van der Waals surface area contributed by atoms with Crippen LogP contribution in [0.3, 0.4) is 0 Å². The molecular weight excluding hydrogens is 485 g/mol. The van der Waals surface area contributed by atoms with Gasteiger partial charge in [-0.15, -0.1) is 0 Å². The number of halogens is 2. The van der Waals surface area contributed by atoms with E-state index in [0.717, 1.165) is 33.3 Å². The minimum Gasteiger partial charge on any atom is -0.384 e. The molecule has 3 N–H and O–H groups in total. The zero-order valence-electron chi connectivity index (χ0n) is 19.0. The first kappa shape index (κ1) is 23.0. The molecule has 0 aliphatic heterocycles. The van der Waals surface area contributed by atoms with Crippen molar-refractivity contribution in [3.63, 3.8) is 0 Å². The number of anilines is 1. The number of hydrogen-bond donors (Lipinski definition) is 2. The van der Waals surface area contributed by atoms with Gasteiger partial charge in [-0.2, -0.15) is 5.10 Å². The van der Waals surface area contributed by atoms with Crippen LogP contribution in [0.15, 0.2) is 48.8 Å². The Morgan fingerprint density at radius 3 is 2.74 bits per heavy atom. The van der Waals surface area contributed by atoms with Crippen LogP contribution in [0.4, 0.5) is 5.82 Å². The summed E-state index contributed by atoms with van der Waals surface area (Å²) >= 11 is 12.5. The lowest BCUT2D eigenvalue weighted by molar-refractivity contribution is 0.0946. The molecule has 0 saturated heterocycles. The van der Waals surface area contributed by atoms with Crippen molar-refractivity contribution in [1.82, 2.24) is 30.0 Å². The highest BCUT2D eigenvalue weighted by molar-refractivity contribution is 6.35. The molecule has 0 bridgehead atoms. The van der Waals surface area contributed by atoms with E-state index in [2.05, 4.69) is 25.4 Å². The molecular formula is C25H21Cl2N7O. The molecule has 35 heavy (non-hydrogen) atoms. The first-order chi connectivity index (χ1) is 16.8. The maximum Gasteiger partial charge on any atom is 0.272 e. The SMILES string of the molecule is Cc1cc(N)nc(C)c1CNC(=O)c1nn(Cc2ccc3ncc(Cl)cc3c2)c2ccnc(Cl)c12. The maximum atomic E-state index is 13.2. The van der Waals surface area contributed by atoms with Crippen molar-refractivity contribution >= 4 is 56.7 Å². The second kappa shape index (κ2) is 9.13. The van der Waals surface area contributed by atoms with Gasteiger partial charge >= 0.3 is 0 Å². The van der Waals surface area contributed by atoms with E-state index in [9.17, 15) is 4.79 Å². The van der Waals surface area contributed by atoms with Crippen molar-refractivity contribution in [1.29, 1.82) is 0 Å².